The van der Waals surface area contributed by atoms with Gasteiger partial charge in [0.2, 0.25) is 0 Å². The van der Waals surface area contributed by atoms with Gasteiger partial charge in [-0.2, -0.15) is 0 Å². The van der Waals surface area contributed by atoms with Crippen LogP contribution in [0.25, 0.3) is 0 Å². The fraction of sp³-hybridized carbons (Fsp3) is 1.00. The van der Waals surface area contributed by atoms with Crippen LogP contribution in [0, 0.1) is 0 Å². The second kappa shape index (κ2) is 3.80. The van der Waals surface area contributed by atoms with Crippen molar-refractivity contribution in [2.45, 2.75) is 24.5 Å². The van der Waals surface area contributed by atoms with Crippen LogP contribution in [0.3, 0.4) is 0 Å². The van der Waals surface area contributed by atoms with Crippen molar-refractivity contribution in [1.82, 2.24) is 0 Å². The van der Waals surface area contributed by atoms with E-state index < -0.39 is 15.4 Å². The summed E-state index contributed by atoms with van der Waals surface area (Å²) in [6, 6.07) is 0. The molecule has 0 atom stereocenters. The van der Waals surface area contributed by atoms with Crippen LogP contribution in [0.2, 0.25) is 0 Å². The van der Waals surface area contributed by atoms with Crippen molar-refractivity contribution in [2.75, 3.05) is 0 Å². The minimum absolute atomic E-state index is 0. The first-order valence-corrected chi connectivity index (χ1v) is 4.02. The summed E-state index contributed by atoms with van der Waals surface area (Å²) < 4.78 is 30.2. The third-order valence-electron chi connectivity index (χ3n) is 1.46. The molecule has 0 heterocycles. The fourth-order valence-corrected chi connectivity index (χ4v) is 1.57. The molecule has 0 aromatic heterocycles. The van der Waals surface area contributed by atoms with Gasteiger partial charge < -0.3 is 4.55 Å². The van der Waals surface area contributed by atoms with E-state index in [2.05, 4.69) is 0 Å². The Balaban J connectivity index is 0.000000640. The van der Waals surface area contributed by atoms with E-state index in [9.17, 15) is 13.0 Å². The third kappa shape index (κ3) is 2.96. The number of hydrogen-bond donors (Lipinski definition) is 0. The maximum absolute atomic E-state index is 10.1. The molecule has 0 spiro atoms. The summed E-state index contributed by atoms with van der Waals surface area (Å²) >= 11 is 0. The van der Waals surface area contributed by atoms with Gasteiger partial charge in [-0.25, -0.2) is 8.42 Å². The molecule has 3 nitrogen and oxygen atoms in total. The topological polar surface area (TPSA) is 57.2 Å². The van der Waals surface area contributed by atoms with Crippen LogP contribution in [-0.4, -0.2) is 18.2 Å². The van der Waals surface area contributed by atoms with E-state index >= 15 is 0 Å². The molecule has 48 valence electrons. The molecule has 0 radical (unpaired) electrons. The molecule has 0 aromatic carbocycles. The van der Waals surface area contributed by atoms with E-state index in [-0.39, 0.29) is 51.4 Å². The average Bonchev–Trinajstić information content (AvgIpc) is 1.16. The van der Waals surface area contributed by atoms with E-state index in [1.54, 1.807) is 0 Å². The van der Waals surface area contributed by atoms with Crippen LogP contribution in [0.4, 0.5) is 0 Å². The van der Waals surface area contributed by atoms with Crippen molar-refractivity contribution in [3.05, 3.63) is 0 Å². The maximum Gasteiger partial charge on any atom is 1.00 e. The molecule has 1 aliphatic rings. The van der Waals surface area contributed by atoms with E-state index in [0.717, 1.165) is 6.42 Å². The minimum Gasteiger partial charge on any atom is -0.748 e. The third-order valence-corrected chi connectivity index (χ3v) is 2.75. The average molecular weight is 174 g/mol. The second-order valence-corrected chi connectivity index (χ2v) is 3.70. The Hall–Kier alpha value is 1.55. The van der Waals surface area contributed by atoms with Crippen molar-refractivity contribution in [3.63, 3.8) is 0 Å². The normalized spacial score (nSPS) is 20.1. The van der Waals surface area contributed by atoms with Crippen molar-refractivity contribution in [1.29, 1.82) is 0 Å². The molecule has 1 saturated carbocycles. The van der Waals surface area contributed by atoms with E-state index in [0.29, 0.717) is 12.8 Å². The maximum atomic E-state index is 10.1. The van der Waals surface area contributed by atoms with Crippen molar-refractivity contribution in [3.8, 4) is 0 Å². The van der Waals surface area contributed by atoms with Gasteiger partial charge in [0.1, 0.15) is 0 Å². The summed E-state index contributed by atoms with van der Waals surface area (Å²) in [5.74, 6) is 0. The monoisotopic (exact) mass is 174 g/mol. The van der Waals surface area contributed by atoms with Gasteiger partial charge in [-0.15, -0.1) is 0 Å². The Kier molecular flexibility index (Phi) is 4.45. The van der Waals surface area contributed by atoms with Crippen molar-refractivity contribution < 1.29 is 64.4 Å². The van der Waals surface area contributed by atoms with Gasteiger partial charge in [0, 0.05) is 5.25 Å². The SMILES string of the molecule is O=S(=O)([O-])C1CCC1.[K+]. The Morgan fingerprint density at radius 3 is 1.78 bits per heavy atom. The molecule has 5 heteroatoms. The number of rotatable bonds is 1. The summed E-state index contributed by atoms with van der Waals surface area (Å²) in [5.41, 5.74) is 0. The summed E-state index contributed by atoms with van der Waals surface area (Å²) in [4.78, 5) is 0. The molecule has 0 bridgehead atoms. The Labute approximate surface area is 97.4 Å². The molecular formula is C4H7KO3S. The Morgan fingerprint density at radius 1 is 1.33 bits per heavy atom. The molecule has 0 saturated heterocycles. The van der Waals surface area contributed by atoms with Gasteiger partial charge in [-0.3, -0.25) is 0 Å². The van der Waals surface area contributed by atoms with Gasteiger partial charge in [-0.1, -0.05) is 6.42 Å². The van der Waals surface area contributed by atoms with E-state index in [4.69, 9.17) is 0 Å². The second-order valence-electron chi connectivity index (χ2n) is 2.05. The smallest absolute Gasteiger partial charge is 0.748 e. The zero-order valence-corrected chi connectivity index (χ0v) is 9.27. The molecular weight excluding hydrogens is 167 g/mol. The molecule has 1 aliphatic carbocycles. The van der Waals surface area contributed by atoms with Crippen molar-refractivity contribution >= 4 is 10.1 Å². The zero-order valence-electron chi connectivity index (χ0n) is 5.33. The van der Waals surface area contributed by atoms with Gasteiger partial charge in [0.25, 0.3) is 0 Å². The molecule has 9 heavy (non-hydrogen) atoms. The summed E-state index contributed by atoms with van der Waals surface area (Å²) in [7, 11) is -3.92. The predicted molar refractivity (Wildman–Crippen MR) is 27.3 cm³/mol. The number of hydrogen-bond acceptors (Lipinski definition) is 3. The van der Waals surface area contributed by atoms with Crippen LogP contribution >= 0.6 is 0 Å². The summed E-state index contributed by atoms with van der Waals surface area (Å²) in [6.45, 7) is 0. The molecule has 0 aromatic rings. The van der Waals surface area contributed by atoms with Crippen LogP contribution < -0.4 is 51.4 Å². The largest absolute Gasteiger partial charge is 1.00 e. The van der Waals surface area contributed by atoms with E-state index in [1.165, 1.54) is 0 Å². The first-order chi connectivity index (χ1) is 3.61. The Morgan fingerprint density at radius 2 is 1.78 bits per heavy atom. The van der Waals surface area contributed by atoms with Crippen LogP contribution in [0.15, 0.2) is 0 Å². The molecule has 0 aliphatic heterocycles. The Bertz CT molecular complexity index is 170. The summed E-state index contributed by atoms with van der Waals surface area (Å²) in [5, 5.41) is -0.553. The van der Waals surface area contributed by atoms with Crippen LogP contribution in [0.1, 0.15) is 19.3 Å². The van der Waals surface area contributed by atoms with E-state index in [1.807, 2.05) is 0 Å². The van der Waals surface area contributed by atoms with Gasteiger partial charge in [0.05, 0.1) is 10.1 Å². The minimum atomic E-state index is -3.92. The molecule has 0 amide bonds. The first-order valence-electron chi connectivity index (χ1n) is 2.55. The predicted octanol–water partition coefficient (Wildman–Crippen LogP) is -2.91. The molecule has 0 N–H and O–H groups in total. The standard InChI is InChI=1S/C4H8O3S.K/c5-8(6,7)4-2-1-3-4;/h4H,1-3H2,(H,5,6,7);/q;+1/p-1. The van der Waals surface area contributed by atoms with Gasteiger partial charge in [0.15, 0.2) is 0 Å². The van der Waals surface area contributed by atoms with Gasteiger partial charge >= 0.3 is 51.4 Å². The molecule has 1 fully saturated rings. The first kappa shape index (κ1) is 10.5. The summed E-state index contributed by atoms with van der Waals surface area (Å²) in [6.07, 6.45) is 2.05. The van der Waals surface area contributed by atoms with Crippen LogP contribution in [0.5, 0.6) is 0 Å². The van der Waals surface area contributed by atoms with Crippen molar-refractivity contribution in [2.24, 2.45) is 0 Å². The van der Waals surface area contributed by atoms with Gasteiger partial charge in [-0.05, 0) is 12.8 Å². The molecule has 0 unspecified atom stereocenters. The fourth-order valence-electron chi connectivity index (χ4n) is 0.659. The molecule has 1 rings (SSSR count). The quantitative estimate of drug-likeness (QED) is 0.316. The zero-order chi connectivity index (χ0) is 6.20. The van der Waals surface area contributed by atoms with Crippen LogP contribution in [-0.2, 0) is 10.1 Å².